The van der Waals surface area contributed by atoms with Crippen molar-refractivity contribution in [2.75, 3.05) is 13.7 Å². The van der Waals surface area contributed by atoms with Crippen LogP contribution in [0.3, 0.4) is 0 Å². The van der Waals surface area contributed by atoms with Crippen LogP contribution in [0.15, 0.2) is 6.20 Å². The molecule has 0 saturated carbocycles. The number of nitrogens with one attached hydrogen (secondary N) is 1. The van der Waals surface area contributed by atoms with Gasteiger partial charge >= 0.3 is 11.9 Å². The first-order valence-corrected chi connectivity index (χ1v) is 4.27. The number of hydrogen-bond donors (Lipinski definition) is 2. The number of rotatable bonds is 4. The molecular weight excluding hydrogens is 202 g/mol. The standard InChI is InChI=1S/C9H11NO5/c1-3-15-9(13)6-7(14-2)5(4-10-6)8(11)12/h4,10H,3H2,1-2H3,(H,11,12). The lowest BCUT2D eigenvalue weighted by molar-refractivity contribution is 0.0516. The molecule has 82 valence electrons. The van der Waals surface area contributed by atoms with Crippen molar-refractivity contribution in [3.05, 3.63) is 17.5 Å². The molecule has 0 atom stereocenters. The molecule has 1 aromatic heterocycles. The van der Waals surface area contributed by atoms with Crippen LogP contribution in [-0.4, -0.2) is 35.7 Å². The Morgan fingerprint density at radius 2 is 2.20 bits per heavy atom. The number of methoxy groups -OCH3 is 1. The van der Waals surface area contributed by atoms with Crippen LogP contribution in [0.1, 0.15) is 27.8 Å². The Morgan fingerprint density at radius 1 is 1.53 bits per heavy atom. The summed E-state index contributed by atoms with van der Waals surface area (Å²) >= 11 is 0. The smallest absolute Gasteiger partial charge is 0.358 e. The largest absolute Gasteiger partial charge is 0.493 e. The van der Waals surface area contributed by atoms with Gasteiger partial charge in [-0.2, -0.15) is 0 Å². The summed E-state index contributed by atoms with van der Waals surface area (Å²) < 4.78 is 9.55. The second-order valence-corrected chi connectivity index (χ2v) is 2.64. The van der Waals surface area contributed by atoms with Crippen molar-refractivity contribution < 1.29 is 24.2 Å². The highest BCUT2D eigenvalue weighted by atomic mass is 16.5. The van der Waals surface area contributed by atoms with E-state index in [1.54, 1.807) is 6.92 Å². The molecule has 0 aliphatic rings. The molecule has 0 aliphatic carbocycles. The first-order valence-electron chi connectivity index (χ1n) is 4.27. The summed E-state index contributed by atoms with van der Waals surface area (Å²) in [5, 5.41) is 8.77. The highest BCUT2D eigenvalue weighted by molar-refractivity contribution is 5.98. The van der Waals surface area contributed by atoms with Gasteiger partial charge in [-0.05, 0) is 6.92 Å². The fraction of sp³-hybridized carbons (Fsp3) is 0.333. The van der Waals surface area contributed by atoms with Crippen molar-refractivity contribution in [1.29, 1.82) is 0 Å². The number of aromatic carboxylic acids is 1. The van der Waals surface area contributed by atoms with Gasteiger partial charge in [-0.3, -0.25) is 0 Å². The molecule has 1 heterocycles. The molecule has 0 aliphatic heterocycles. The fourth-order valence-corrected chi connectivity index (χ4v) is 1.14. The summed E-state index contributed by atoms with van der Waals surface area (Å²) in [6, 6.07) is 0. The van der Waals surface area contributed by atoms with Gasteiger partial charge in [0.1, 0.15) is 5.56 Å². The predicted molar refractivity (Wildman–Crippen MR) is 50.3 cm³/mol. The van der Waals surface area contributed by atoms with Crippen LogP contribution in [0.5, 0.6) is 5.75 Å². The van der Waals surface area contributed by atoms with Crippen LogP contribution in [-0.2, 0) is 4.74 Å². The Balaban J connectivity index is 3.09. The van der Waals surface area contributed by atoms with Crippen molar-refractivity contribution in [1.82, 2.24) is 4.98 Å². The number of aromatic nitrogens is 1. The number of carboxylic acid groups (broad SMARTS) is 1. The lowest BCUT2D eigenvalue weighted by atomic mass is 10.3. The molecule has 0 spiro atoms. The van der Waals surface area contributed by atoms with Gasteiger partial charge in [-0.1, -0.05) is 0 Å². The Labute approximate surface area is 85.8 Å². The van der Waals surface area contributed by atoms with Gasteiger partial charge in [-0.15, -0.1) is 0 Å². The van der Waals surface area contributed by atoms with Crippen LogP contribution in [0.25, 0.3) is 0 Å². The van der Waals surface area contributed by atoms with Crippen molar-refractivity contribution in [3.63, 3.8) is 0 Å². The van der Waals surface area contributed by atoms with Crippen molar-refractivity contribution in [2.45, 2.75) is 6.92 Å². The Kier molecular flexibility index (Phi) is 3.33. The van der Waals surface area contributed by atoms with E-state index in [0.717, 1.165) is 0 Å². The van der Waals surface area contributed by atoms with Gasteiger partial charge in [-0.25, -0.2) is 9.59 Å². The number of aromatic amines is 1. The van der Waals surface area contributed by atoms with E-state index in [1.807, 2.05) is 0 Å². The van der Waals surface area contributed by atoms with E-state index in [0.29, 0.717) is 0 Å². The van der Waals surface area contributed by atoms with Crippen LogP contribution in [0, 0.1) is 0 Å². The number of esters is 1. The summed E-state index contributed by atoms with van der Waals surface area (Å²) in [5.41, 5.74) is -0.0858. The SMILES string of the molecule is CCOC(=O)c1[nH]cc(C(=O)O)c1OC. The minimum Gasteiger partial charge on any atom is -0.493 e. The minimum absolute atomic E-state index is 0.0109. The lowest BCUT2D eigenvalue weighted by Crippen LogP contribution is -2.07. The number of hydrogen-bond acceptors (Lipinski definition) is 4. The fourth-order valence-electron chi connectivity index (χ4n) is 1.14. The molecule has 0 fully saturated rings. The molecule has 0 unspecified atom stereocenters. The van der Waals surface area contributed by atoms with Gasteiger partial charge in [0.25, 0.3) is 0 Å². The zero-order chi connectivity index (χ0) is 11.4. The number of H-pyrrole nitrogens is 1. The third kappa shape index (κ3) is 2.09. The molecule has 2 N–H and O–H groups in total. The zero-order valence-corrected chi connectivity index (χ0v) is 8.36. The second-order valence-electron chi connectivity index (χ2n) is 2.64. The molecule has 1 aromatic rings. The van der Waals surface area contributed by atoms with Gasteiger partial charge in [0, 0.05) is 6.20 Å². The number of carbonyl (C=O) groups excluding carboxylic acids is 1. The number of ether oxygens (including phenoxy) is 2. The van der Waals surface area contributed by atoms with Gasteiger partial charge in [0.15, 0.2) is 11.4 Å². The van der Waals surface area contributed by atoms with E-state index in [-0.39, 0.29) is 23.6 Å². The molecule has 1 rings (SSSR count). The summed E-state index contributed by atoms with van der Waals surface area (Å²) in [6.07, 6.45) is 1.19. The zero-order valence-electron chi connectivity index (χ0n) is 8.36. The third-order valence-electron chi connectivity index (χ3n) is 1.75. The summed E-state index contributed by atoms with van der Waals surface area (Å²) in [4.78, 5) is 24.6. The third-order valence-corrected chi connectivity index (χ3v) is 1.75. The highest BCUT2D eigenvalue weighted by Crippen LogP contribution is 2.23. The maximum atomic E-state index is 11.3. The topological polar surface area (TPSA) is 88.6 Å². The van der Waals surface area contributed by atoms with E-state index in [4.69, 9.17) is 14.6 Å². The summed E-state index contributed by atoms with van der Waals surface area (Å²) in [6.45, 7) is 1.87. The Hall–Kier alpha value is -1.98. The van der Waals surface area contributed by atoms with Gasteiger partial charge in [0.2, 0.25) is 0 Å². The van der Waals surface area contributed by atoms with Crippen LogP contribution >= 0.6 is 0 Å². The molecular formula is C9H11NO5. The average Bonchev–Trinajstić information content (AvgIpc) is 2.61. The Morgan fingerprint density at radius 3 is 2.67 bits per heavy atom. The first kappa shape index (κ1) is 11.1. The van der Waals surface area contributed by atoms with Gasteiger partial charge in [0.05, 0.1) is 13.7 Å². The van der Waals surface area contributed by atoms with Crippen LogP contribution in [0.4, 0.5) is 0 Å². The second kappa shape index (κ2) is 4.50. The molecule has 0 bridgehead atoms. The maximum Gasteiger partial charge on any atom is 0.358 e. The van der Waals surface area contributed by atoms with Crippen LogP contribution < -0.4 is 4.74 Å². The summed E-state index contributed by atoms with van der Waals surface area (Å²) in [5.74, 6) is -1.82. The molecule has 0 radical (unpaired) electrons. The first-order chi connectivity index (χ1) is 7.11. The number of carbonyl (C=O) groups is 2. The quantitative estimate of drug-likeness (QED) is 0.725. The minimum atomic E-state index is -1.17. The predicted octanol–water partition coefficient (Wildman–Crippen LogP) is 0.898. The average molecular weight is 213 g/mol. The molecule has 0 saturated heterocycles. The molecule has 0 aromatic carbocycles. The monoisotopic (exact) mass is 213 g/mol. The lowest BCUT2D eigenvalue weighted by Gasteiger charge is -2.03. The van der Waals surface area contributed by atoms with E-state index in [9.17, 15) is 9.59 Å². The molecule has 15 heavy (non-hydrogen) atoms. The van der Waals surface area contributed by atoms with Crippen molar-refractivity contribution in [3.8, 4) is 5.75 Å². The maximum absolute atomic E-state index is 11.3. The van der Waals surface area contributed by atoms with Crippen LogP contribution in [0.2, 0.25) is 0 Å². The molecule has 0 amide bonds. The normalized spacial score (nSPS) is 9.73. The van der Waals surface area contributed by atoms with Crippen molar-refractivity contribution in [2.24, 2.45) is 0 Å². The molecule has 6 nitrogen and oxygen atoms in total. The van der Waals surface area contributed by atoms with E-state index >= 15 is 0 Å². The molecule has 6 heteroatoms. The Bertz CT molecular complexity index is 382. The van der Waals surface area contributed by atoms with E-state index in [2.05, 4.69) is 4.98 Å². The van der Waals surface area contributed by atoms with Crippen molar-refractivity contribution >= 4 is 11.9 Å². The number of carboxylic acids is 1. The highest BCUT2D eigenvalue weighted by Gasteiger charge is 2.22. The van der Waals surface area contributed by atoms with E-state index in [1.165, 1.54) is 13.3 Å². The summed E-state index contributed by atoms with van der Waals surface area (Å²) in [7, 11) is 1.29. The van der Waals surface area contributed by atoms with Gasteiger partial charge < -0.3 is 19.6 Å². The van der Waals surface area contributed by atoms with E-state index < -0.39 is 11.9 Å².